The van der Waals surface area contributed by atoms with E-state index in [-0.39, 0.29) is 5.91 Å². The third kappa shape index (κ3) is 5.98. The van der Waals surface area contributed by atoms with Gasteiger partial charge in [-0.2, -0.15) is 0 Å². The molecule has 0 saturated heterocycles. The summed E-state index contributed by atoms with van der Waals surface area (Å²) in [6.07, 6.45) is 3.19. The van der Waals surface area contributed by atoms with Crippen molar-refractivity contribution in [1.29, 1.82) is 0 Å². The molecule has 0 unspecified atom stereocenters. The number of amides is 1. The van der Waals surface area contributed by atoms with Gasteiger partial charge in [-0.25, -0.2) is 9.97 Å². The molecule has 0 aliphatic rings. The summed E-state index contributed by atoms with van der Waals surface area (Å²) in [5, 5.41) is 6.11. The number of aromatic nitrogens is 2. The Morgan fingerprint density at radius 3 is 2.28 bits per heavy atom. The molecule has 0 spiro atoms. The number of ether oxygens (including phenoxy) is 2. The van der Waals surface area contributed by atoms with Crippen LogP contribution >= 0.6 is 0 Å². The van der Waals surface area contributed by atoms with Crippen LogP contribution < -0.4 is 25.0 Å². The molecule has 8 nitrogen and oxygen atoms in total. The predicted octanol–water partition coefficient (Wildman–Crippen LogP) is 4.26. The van der Waals surface area contributed by atoms with Gasteiger partial charge in [-0.1, -0.05) is 6.07 Å². The van der Waals surface area contributed by atoms with Crippen molar-refractivity contribution < 1.29 is 14.3 Å². The molecule has 1 amide bonds. The normalized spacial score (nSPS) is 10.7. The van der Waals surface area contributed by atoms with Crippen LogP contribution in [0.15, 0.2) is 54.6 Å². The van der Waals surface area contributed by atoms with Crippen LogP contribution in [0.5, 0.6) is 11.5 Å². The molecule has 1 heterocycles. The Hall–Kier alpha value is -4.07. The lowest BCUT2D eigenvalue weighted by Gasteiger charge is -2.14. The van der Waals surface area contributed by atoms with Gasteiger partial charge in [0.15, 0.2) is 11.5 Å². The molecule has 32 heavy (non-hydrogen) atoms. The topological polar surface area (TPSA) is 88.6 Å². The highest BCUT2D eigenvalue weighted by Gasteiger charge is 2.06. The minimum atomic E-state index is -0.234. The Bertz CT molecular complexity index is 1110. The number of anilines is 4. The summed E-state index contributed by atoms with van der Waals surface area (Å²) >= 11 is 0. The molecule has 0 bridgehead atoms. The van der Waals surface area contributed by atoms with Gasteiger partial charge < -0.3 is 25.0 Å². The van der Waals surface area contributed by atoms with Gasteiger partial charge in [-0.3, -0.25) is 4.79 Å². The first-order valence-corrected chi connectivity index (χ1v) is 9.99. The van der Waals surface area contributed by atoms with Gasteiger partial charge in [0.2, 0.25) is 5.91 Å². The molecule has 0 aliphatic heterocycles. The van der Waals surface area contributed by atoms with E-state index >= 15 is 0 Å². The van der Waals surface area contributed by atoms with Gasteiger partial charge >= 0.3 is 0 Å². The fourth-order valence-electron chi connectivity index (χ4n) is 2.94. The molecule has 2 N–H and O–H groups in total. The van der Waals surface area contributed by atoms with Crippen molar-refractivity contribution in [2.75, 3.05) is 43.8 Å². The van der Waals surface area contributed by atoms with Crippen molar-refractivity contribution >= 4 is 35.0 Å². The van der Waals surface area contributed by atoms with Crippen LogP contribution in [0.3, 0.4) is 0 Å². The first-order valence-electron chi connectivity index (χ1n) is 9.99. The van der Waals surface area contributed by atoms with Crippen molar-refractivity contribution in [3.63, 3.8) is 0 Å². The van der Waals surface area contributed by atoms with E-state index in [2.05, 4.69) is 20.6 Å². The fourth-order valence-corrected chi connectivity index (χ4v) is 2.94. The first kappa shape index (κ1) is 22.6. The standard InChI is InChI=1S/C24H27N5O3/c1-16-25-22(15-23(26-16)29(2)3)27-18-8-10-19(11-9-18)28-24(30)13-7-17-6-12-20(31-4)21(14-17)32-5/h6-15H,1-5H3,(H,28,30)(H,25,26,27)/b13-7+. The summed E-state index contributed by atoms with van der Waals surface area (Å²) in [6, 6.07) is 14.7. The van der Waals surface area contributed by atoms with Crippen LogP contribution in [0.4, 0.5) is 23.0 Å². The summed E-state index contributed by atoms with van der Waals surface area (Å²) in [7, 11) is 7.02. The quantitative estimate of drug-likeness (QED) is 0.513. The maximum absolute atomic E-state index is 12.3. The van der Waals surface area contributed by atoms with Crippen molar-refractivity contribution in [2.45, 2.75) is 6.92 Å². The highest BCUT2D eigenvalue weighted by Crippen LogP contribution is 2.28. The van der Waals surface area contributed by atoms with Gasteiger partial charge in [-0.05, 0) is 55.0 Å². The van der Waals surface area contributed by atoms with Crippen LogP contribution in [-0.2, 0) is 4.79 Å². The fraction of sp³-hybridized carbons (Fsp3) is 0.208. The number of rotatable bonds is 8. The average molecular weight is 434 g/mol. The van der Waals surface area contributed by atoms with Gasteiger partial charge in [0, 0.05) is 37.6 Å². The molecular formula is C24H27N5O3. The number of nitrogens with one attached hydrogen (secondary N) is 2. The van der Waals surface area contributed by atoms with Crippen LogP contribution in [0, 0.1) is 6.92 Å². The summed E-state index contributed by atoms with van der Waals surface area (Å²) < 4.78 is 10.5. The second-order valence-electron chi connectivity index (χ2n) is 7.19. The Labute approximate surface area is 187 Å². The van der Waals surface area contributed by atoms with Crippen LogP contribution in [0.1, 0.15) is 11.4 Å². The number of aryl methyl sites for hydroxylation is 1. The zero-order valence-electron chi connectivity index (χ0n) is 18.8. The molecule has 0 fully saturated rings. The van der Waals surface area contributed by atoms with E-state index in [4.69, 9.17) is 9.47 Å². The number of methoxy groups -OCH3 is 2. The van der Waals surface area contributed by atoms with E-state index in [0.29, 0.717) is 28.8 Å². The second kappa shape index (κ2) is 10.3. The van der Waals surface area contributed by atoms with E-state index in [1.54, 1.807) is 32.4 Å². The first-order chi connectivity index (χ1) is 15.4. The maximum atomic E-state index is 12.3. The van der Waals surface area contributed by atoms with Gasteiger partial charge in [-0.15, -0.1) is 0 Å². The molecular weight excluding hydrogens is 406 g/mol. The summed E-state index contributed by atoms with van der Waals surface area (Å²) in [5.74, 6) is 3.22. The highest BCUT2D eigenvalue weighted by atomic mass is 16.5. The van der Waals surface area contributed by atoms with E-state index in [0.717, 1.165) is 17.1 Å². The molecule has 3 rings (SSSR count). The van der Waals surface area contributed by atoms with Crippen LogP contribution in [0.25, 0.3) is 6.08 Å². The maximum Gasteiger partial charge on any atom is 0.248 e. The summed E-state index contributed by atoms with van der Waals surface area (Å²) in [6.45, 7) is 1.85. The third-order valence-corrected chi connectivity index (χ3v) is 4.54. The Morgan fingerprint density at radius 2 is 1.62 bits per heavy atom. The molecule has 8 heteroatoms. The number of carbonyl (C=O) groups is 1. The SMILES string of the molecule is COc1ccc(/C=C/C(=O)Nc2ccc(Nc3cc(N(C)C)nc(C)n3)cc2)cc1OC. The molecule has 0 radical (unpaired) electrons. The molecule has 0 saturated carbocycles. The van der Waals surface area contributed by atoms with Crippen LogP contribution in [0.2, 0.25) is 0 Å². The highest BCUT2D eigenvalue weighted by molar-refractivity contribution is 6.02. The number of carbonyl (C=O) groups excluding carboxylic acids is 1. The Kier molecular flexibility index (Phi) is 7.28. The van der Waals surface area contributed by atoms with Gasteiger partial charge in [0.05, 0.1) is 14.2 Å². The third-order valence-electron chi connectivity index (χ3n) is 4.54. The lowest BCUT2D eigenvalue weighted by molar-refractivity contribution is -0.111. The van der Waals surface area contributed by atoms with Crippen LogP contribution in [-0.4, -0.2) is 44.2 Å². The minimum Gasteiger partial charge on any atom is -0.493 e. The van der Waals surface area contributed by atoms with E-state index in [1.165, 1.54) is 6.08 Å². The summed E-state index contributed by atoms with van der Waals surface area (Å²) in [4.78, 5) is 23.0. The number of hydrogen-bond acceptors (Lipinski definition) is 7. The number of nitrogens with zero attached hydrogens (tertiary/aromatic N) is 3. The zero-order valence-corrected chi connectivity index (χ0v) is 18.8. The second-order valence-corrected chi connectivity index (χ2v) is 7.19. The Balaban J connectivity index is 1.62. The van der Waals surface area contributed by atoms with Gasteiger partial charge in [0.1, 0.15) is 17.5 Å². The monoisotopic (exact) mass is 433 g/mol. The number of benzene rings is 2. The average Bonchev–Trinajstić information content (AvgIpc) is 2.78. The molecule has 0 atom stereocenters. The minimum absolute atomic E-state index is 0.234. The van der Waals surface area contributed by atoms with E-state index in [9.17, 15) is 4.79 Å². The van der Waals surface area contributed by atoms with E-state index < -0.39 is 0 Å². The lowest BCUT2D eigenvalue weighted by Crippen LogP contribution is -2.12. The van der Waals surface area contributed by atoms with Crippen molar-refractivity contribution in [3.05, 3.63) is 66.0 Å². The Morgan fingerprint density at radius 1 is 0.938 bits per heavy atom. The predicted molar refractivity (Wildman–Crippen MR) is 128 cm³/mol. The van der Waals surface area contributed by atoms with Crippen molar-refractivity contribution in [2.24, 2.45) is 0 Å². The largest absolute Gasteiger partial charge is 0.493 e. The molecule has 0 aliphatic carbocycles. The molecule has 1 aromatic heterocycles. The molecule has 166 valence electrons. The zero-order chi connectivity index (χ0) is 23.1. The van der Waals surface area contributed by atoms with Crippen molar-refractivity contribution in [1.82, 2.24) is 9.97 Å². The van der Waals surface area contributed by atoms with Gasteiger partial charge in [0.25, 0.3) is 0 Å². The summed E-state index contributed by atoms with van der Waals surface area (Å²) in [5.41, 5.74) is 2.37. The van der Waals surface area contributed by atoms with E-state index in [1.807, 2.05) is 62.3 Å². The molecule has 3 aromatic rings. The smallest absolute Gasteiger partial charge is 0.248 e. The molecule has 2 aromatic carbocycles. The lowest BCUT2D eigenvalue weighted by atomic mass is 10.2. The van der Waals surface area contributed by atoms with Crippen molar-refractivity contribution in [3.8, 4) is 11.5 Å². The number of hydrogen-bond donors (Lipinski definition) is 2.